The van der Waals surface area contributed by atoms with E-state index in [2.05, 4.69) is 77.0 Å². The van der Waals surface area contributed by atoms with Crippen molar-refractivity contribution in [2.75, 3.05) is 75.7 Å². The molecule has 4 aromatic carbocycles. The molecule has 20 nitrogen and oxygen atoms in total. The van der Waals surface area contributed by atoms with E-state index in [0.717, 1.165) is 131 Å². The predicted octanol–water partition coefficient (Wildman–Crippen LogP) is 9.37. The molecule has 12 rings (SSSR count). The number of aromatic amines is 1. The van der Waals surface area contributed by atoms with Crippen molar-refractivity contribution >= 4 is 78.9 Å². The normalized spacial score (nSPS) is 21.6. The van der Waals surface area contributed by atoms with Crippen LogP contribution in [0.15, 0.2) is 114 Å². The van der Waals surface area contributed by atoms with Gasteiger partial charge in [-0.3, -0.25) is 49.3 Å². The number of piperazine rings is 2. The topological polar surface area (TPSA) is 236 Å². The fourth-order valence-electron chi connectivity index (χ4n) is 13.4. The summed E-state index contributed by atoms with van der Waals surface area (Å²) in [6.07, 6.45) is 10.8. The number of carbonyl (C=O) groups is 4. The maximum absolute atomic E-state index is 14.2. The molecule has 22 heteroatoms. The first kappa shape index (κ1) is 58.7. The van der Waals surface area contributed by atoms with E-state index in [9.17, 15) is 37.7 Å². The van der Waals surface area contributed by atoms with Gasteiger partial charge in [0.15, 0.2) is 0 Å². The molecule has 0 radical (unpaired) electrons. The molecule has 2 aromatic heterocycles. The van der Waals surface area contributed by atoms with Crippen LogP contribution in [-0.4, -0.2) is 144 Å². The molecular weight excluding hydrogens is 1130 g/mol. The van der Waals surface area contributed by atoms with Crippen molar-refractivity contribution in [1.29, 1.82) is 0 Å². The zero-order valence-corrected chi connectivity index (χ0v) is 50.1. The molecule has 1 atom stereocenters. The van der Waals surface area contributed by atoms with Gasteiger partial charge in [-0.1, -0.05) is 55.3 Å². The molecule has 86 heavy (non-hydrogen) atoms. The largest absolute Gasteiger partial charge is 0.455 e. The number of allylic oxidation sites excluding steroid dienone is 1. The second-order valence-electron chi connectivity index (χ2n) is 24.7. The Morgan fingerprint density at radius 3 is 2.36 bits per heavy atom. The smallest absolute Gasteiger partial charge is 0.293 e. The number of hydrogen-bond acceptors (Lipinski definition) is 15. The number of hydrogen-bond donors (Lipinski definition) is 4. The van der Waals surface area contributed by atoms with Crippen LogP contribution in [0.5, 0.6) is 11.5 Å². The fraction of sp³-hybridized carbons (Fsp3) is 0.422. The number of piperidine rings is 1. The van der Waals surface area contributed by atoms with Crippen molar-refractivity contribution in [3.05, 3.63) is 152 Å². The number of amides is 4. The highest BCUT2D eigenvalue weighted by atomic mass is 35.5. The number of rotatable bonds is 17. The van der Waals surface area contributed by atoms with E-state index in [0.29, 0.717) is 55.6 Å². The minimum absolute atomic E-state index is 0.0492. The SMILES string of the molecule is CC1(C)CCC(CN2CCN(c3ccc(C(=O)NS(=O)(=O)c4ccc(NCC5CCC(N6CCN(Cc7ccc8c(c7)CN(C7CCC(=O)NC7=O)C8=O)CC6)CC5)c([N+](=O)[O-])c4)c(Oc4cnc5[nH]ccc5c4)c3)CC2)=C(c2ccc(Cl)cc2)C1. The van der Waals surface area contributed by atoms with Crippen LogP contribution in [0.3, 0.4) is 0 Å². The Bertz CT molecular complexity index is 3750. The van der Waals surface area contributed by atoms with Gasteiger partial charge >= 0.3 is 0 Å². The molecule has 0 spiro atoms. The molecule has 4 aliphatic heterocycles. The van der Waals surface area contributed by atoms with E-state index in [1.54, 1.807) is 35.4 Å². The van der Waals surface area contributed by atoms with Gasteiger partial charge in [0.25, 0.3) is 27.5 Å². The number of pyridine rings is 1. The Labute approximate surface area is 505 Å². The lowest BCUT2D eigenvalue weighted by Crippen LogP contribution is -2.52. The molecule has 3 saturated heterocycles. The number of nitro benzene ring substituents is 1. The average Bonchev–Trinajstić information content (AvgIpc) is 1.91. The van der Waals surface area contributed by atoms with Crippen LogP contribution in [0.4, 0.5) is 17.1 Å². The molecule has 1 saturated carbocycles. The zero-order chi connectivity index (χ0) is 59.9. The Balaban J connectivity index is 0.647. The van der Waals surface area contributed by atoms with E-state index in [1.807, 2.05) is 30.3 Å². The number of H-pyrrole nitrogens is 1. The number of nitrogens with one attached hydrogen (secondary N) is 4. The minimum atomic E-state index is -4.62. The highest BCUT2D eigenvalue weighted by Gasteiger charge is 2.40. The van der Waals surface area contributed by atoms with Crippen LogP contribution in [0.2, 0.25) is 5.02 Å². The van der Waals surface area contributed by atoms with Gasteiger partial charge in [0, 0.05) is 131 Å². The number of imide groups is 1. The number of benzene rings is 4. The number of aromatic nitrogens is 2. The predicted molar refractivity (Wildman–Crippen MR) is 329 cm³/mol. The van der Waals surface area contributed by atoms with Crippen LogP contribution >= 0.6 is 11.6 Å². The second-order valence-corrected chi connectivity index (χ2v) is 26.8. The molecule has 6 aliphatic rings. The monoisotopic (exact) mass is 1210 g/mol. The third kappa shape index (κ3) is 13.0. The Morgan fingerprint density at radius 1 is 0.849 bits per heavy atom. The molecule has 6 heterocycles. The minimum Gasteiger partial charge on any atom is -0.455 e. The van der Waals surface area contributed by atoms with Gasteiger partial charge in [0.2, 0.25) is 11.8 Å². The second kappa shape index (κ2) is 24.6. The number of halogens is 1. The lowest BCUT2D eigenvalue weighted by molar-refractivity contribution is -0.384. The Kier molecular flexibility index (Phi) is 16.8. The van der Waals surface area contributed by atoms with Crippen LogP contribution < -0.4 is 25.0 Å². The Hall–Kier alpha value is -7.69. The molecule has 4 fully saturated rings. The number of anilines is 2. The van der Waals surface area contributed by atoms with Crippen molar-refractivity contribution in [3.8, 4) is 11.5 Å². The van der Waals surface area contributed by atoms with Gasteiger partial charge < -0.3 is 24.8 Å². The molecular formula is C64H72ClN11O9S. The van der Waals surface area contributed by atoms with E-state index in [4.69, 9.17) is 16.3 Å². The van der Waals surface area contributed by atoms with Crippen LogP contribution in [0.1, 0.15) is 109 Å². The first-order chi connectivity index (χ1) is 41.4. The maximum atomic E-state index is 14.2. The van der Waals surface area contributed by atoms with Crippen LogP contribution in [0.25, 0.3) is 16.6 Å². The summed E-state index contributed by atoms with van der Waals surface area (Å²) in [5.74, 6) is -1.15. The van der Waals surface area contributed by atoms with Gasteiger partial charge in [0.05, 0.1) is 21.6 Å². The maximum Gasteiger partial charge on any atom is 0.293 e. The first-order valence-corrected chi connectivity index (χ1v) is 31.8. The van der Waals surface area contributed by atoms with Gasteiger partial charge in [0.1, 0.15) is 28.9 Å². The van der Waals surface area contributed by atoms with Crippen molar-refractivity contribution in [3.63, 3.8) is 0 Å². The summed E-state index contributed by atoms with van der Waals surface area (Å²) in [5.41, 5.74) is 8.09. The highest BCUT2D eigenvalue weighted by molar-refractivity contribution is 7.90. The summed E-state index contributed by atoms with van der Waals surface area (Å²) in [4.78, 5) is 81.9. The van der Waals surface area contributed by atoms with Crippen LogP contribution in [0, 0.1) is 21.4 Å². The van der Waals surface area contributed by atoms with Gasteiger partial charge in [-0.2, -0.15) is 0 Å². The number of sulfonamides is 1. The summed E-state index contributed by atoms with van der Waals surface area (Å²) in [6.45, 7) is 13.8. The number of nitro groups is 1. The Morgan fingerprint density at radius 2 is 1.60 bits per heavy atom. The van der Waals surface area contributed by atoms with E-state index in [-0.39, 0.29) is 46.6 Å². The molecule has 4 amide bonds. The van der Waals surface area contributed by atoms with Gasteiger partial charge in [-0.05, 0) is 140 Å². The van der Waals surface area contributed by atoms with Crippen molar-refractivity contribution < 1.29 is 37.3 Å². The lowest BCUT2D eigenvalue weighted by atomic mass is 9.72. The number of carbonyl (C=O) groups excluding carboxylic acids is 4. The lowest BCUT2D eigenvalue weighted by Gasteiger charge is -2.42. The quantitative estimate of drug-likeness (QED) is 0.0378. The molecule has 4 N–H and O–H groups in total. The fourth-order valence-corrected chi connectivity index (χ4v) is 14.5. The van der Waals surface area contributed by atoms with E-state index < -0.39 is 43.4 Å². The van der Waals surface area contributed by atoms with E-state index in [1.165, 1.54) is 35.0 Å². The van der Waals surface area contributed by atoms with Gasteiger partial charge in [-0.25, -0.2) is 18.1 Å². The zero-order valence-electron chi connectivity index (χ0n) is 48.5. The molecule has 6 aromatic rings. The summed E-state index contributed by atoms with van der Waals surface area (Å²) in [7, 11) is -4.62. The number of ether oxygens (including phenoxy) is 1. The number of fused-ring (bicyclic) bond motifs is 2. The standard InChI is InChI=1S/C64H72ClN11O9S/c1-64(2)21-19-45(54(35-64)43-6-8-47(65)9-7-43)39-72-25-29-74(30-26-72)49-12-15-53(58(33-49)85-50-32-44-20-22-66-60(44)68-37-50)61(78)70-86(83,84)51-13-16-55(57(34-51)76(81)82)67-36-41-3-10-48(11-4-41)73-27-23-71(24-28-73)38-42-5-14-52-46(31-42)40-75(63(52)80)56-17-18-59(77)69-62(56)79/h5-9,12-16,20,22,31-34,37,41,48,56,67H,3-4,10-11,17-19,21,23-30,35-36,38-40H2,1-2H3,(H,66,68)(H,70,78)(H,69,77,79). The third-order valence-corrected chi connectivity index (χ3v) is 19.9. The number of nitrogens with zero attached hydrogens (tertiary/aromatic N) is 7. The summed E-state index contributed by atoms with van der Waals surface area (Å²) in [6, 6.07) is 26.2. The molecule has 0 bridgehead atoms. The average molecular weight is 1210 g/mol. The third-order valence-electron chi connectivity index (χ3n) is 18.4. The summed E-state index contributed by atoms with van der Waals surface area (Å²) in [5, 5.41) is 19.6. The van der Waals surface area contributed by atoms with Crippen molar-refractivity contribution in [2.24, 2.45) is 11.3 Å². The summed E-state index contributed by atoms with van der Waals surface area (Å²) < 4.78 is 36.6. The van der Waals surface area contributed by atoms with Crippen molar-refractivity contribution in [2.45, 2.75) is 102 Å². The van der Waals surface area contributed by atoms with E-state index >= 15 is 0 Å². The molecule has 1 unspecified atom stereocenters. The molecule has 2 aliphatic carbocycles. The first-order valence-electron chi connectivity index (χ1n) is 29.9. The van der Waals surface area contributed by atoms with Gasteiger partial charge in [-0.15, -0.1) is 0 Å². The van der Waals surface area contributed by atoms with Crippen LogP contribution in [-0.2, 0) is 32.7 Å². The summed E-state index contributed by atoms with van der Waals surface area (Å²) >= 11 is 6.28. The molecule has 450 valence electrons. The van der Waals surface area contributed by atoms with Crippen molar-refractivity contribution in [1.82, 2.24) is 39.6 Å². The highest BCUT2D eigenvalue weighted by Crippen LogP contribution is 2.44.